The van der Waals surface area contributed by atoms with E-state index in [4.69, 9.17) is 28.2 Å². The predicted octanol–water partition coefficient (Wildman–Crippen LogP) is 7.82. The molecule has 0 saturated heterocycles. The zero-order valence-electron chi connectivity index (χ0n) is 19.5. The fourth-order valence-corrected chi connectivity index (χ4v) is 4.27. The van der Waals surface area contributed by atoms with Crippen molar-refractivity contribution in [2.24, 2.45) is 0 Å². The van der Waals surface area contributed by atoms with Gasteiger partial charge in [-0.1, -0.05) is 23.2 Å². The van der Waals surface area contributed by atoms with Gasteiger partial charge in [0.25, 0.3) is 11.8 Å². The maximum absolute atomic E-state index is 12.7. The molecule has 178 valence electrons. The van der Waals surface area contributed by atoms with Crippen molar-refractivity contribution in [1.82, 2.24) is 4.98 Å². The number of rotatable bonds is 4. The van der Waals surface area contributed by atoms with E-state index < -0.39 is 0 Å². The number of pyridine rings is 1. The molecule has 1 heterocycles. The fourth-order valence-electron chi connectivity index (χ4n) is 4.02. The van der Waals surface area contributed by atoms with Gasteiger partial charge in [0.05, 0.1) is 11.0 Å². The number of carbonyl (C=O) groups excluding carboxylic acids is 2. The highest BCUT2D eigenvalue weighted by Crippen LogP contribution is 2.29. The van der Waals surface area contributed by atoms with Crippen LogP contribution in [0.25, 0.3) is 21.8 Å². The molecular formula is C29H21Cl2N3O2. The van der Waals surface area contributed by atoms with Gasteiger partial charge in [-0.15, -0.1) is 0 Å². The number of hydrogen-bond acceptors (Lipinski definition) is 3. The molecule has 0 aliphatic rings. The van der Waals surface area contributed by atoms with Gasteiger partial charge < -0.3 is 10.6 Å². The first-order valence-corrected chi connectivity index (χ1v) is 12.0. The lowest BCUT2D eigenvalue weighted by Crippen LogP contribution is -2.13. The molecule has 5 rings (SSSR count). The van der Waals surface area contributed by atoms with Crippen molar-refractivity contribution in [1.29, 1.82) is 0 Å². The number of benzene rings is 4. The number of carbonyl (C=O) groups is 2. The van der Waals surface area contributed by atoms with E-state index in [0.717, 1.165) is 32.9 Å². The normalized spacial score (nSPS) is 11.0. The summed E-state index contributed by atoms with van der Waals surface area (Å²) >= 11 is 11.9. The van der Waals surface area contributed by atoms with E-state index in [1.54, 1.807) is 48.5 Å². The van der Waals surface area contributed by atoms with Gasteiger partial charge in [0.15, 0.2) is 0 Å². The van der Waals surface area contributed by atoms with Crippen molar-refractivity contribution >= 4 is 68.2 Å². The van der Waals surface area contributed by atoms with Crippen LogP contribution in [0.3, 0.4) is 0 Å². The number of nitrogens with zero attached hydrogens (tertiary/aromatic N) is 1. The van der Waals surface area contributed by atoms with Crippen molar-refractivity contribution in [2.45, 2.75) is 13.8 Å². The summed E-state index contributed by atoms with van der Waals surface area (Å²) in [6.07, 6.45) is 0. The second kappa shape index (κ2) is 9.61. The standard InChI is InChI=1S/C29H21Cl2N3O2/c1-16-11-20-13-21-12-17(2)25(34-29(36)19-5-9-23(31)10-6-19)15-27(21)32-26(20)14-24(16)33-28(35)18-3-7-22(30)8-4-18/h3-15H,1-2H3,(H,33,35)(H,34,36). The third kappa shape index (κ3) is 4.89. The summed E-state index contributed by atoms with van der Waals surface area (Å²) in [7, 11) is 0. The molecule has 0 radical (unpaired) electrons. The van der Waals surface area contributed by atoms with E-state index >= 15 is 0 Å². The highest BCUT2D eigenvalue weighted by molar-refractivity contribution is 6.31. The third-order valence-electron chi connectivity index (χ3n) is 6.01. The molecule has 2 amide bonds. The summed E-state index contributed by atoms with van der Waals surface area (Å²) in [6, 6.07) is 23.3. The highest BCUT2D eigenvalue weighted by atomic mass is 35.5. The Hall–Kier alpha value is -3.93. The number of halogens is 2. The van der Waals surface area contributed by atoms with Crippen molar-refractivity contribution < 1.29 is 9.59 Å². The minimum absolute atomic E-state index is 0.224. The predicted molar refractivity (Wildman–Crippen MR) is 148 cm³/mol. The second-order valence-electron chi connectivity index (χ2n) is 8.63. The van der Waals surface area contributed by atoms with Gasteiger partial charge in [-0.25, -0.2) is 4.98 Å². The van der Waals surface area contributed by atoms with Gasteiger partial charge in [-0.2, -0.15) is 0 Å². The number of aromatic nitrogens is 1. The number of hydrogen-bond donors (Lipinski definition) is 2. The molecule has 7 heteroatoms. The zero-order valence-corrected chi connectivity index (χ0v) is 21.0. The molecule has 0 aliphatic carbocycles. The average Bonchev–Trinajstić information content (AvgIpc) is 2.85. The molecule has 0 saturated carbocycles. The van der Waals surface area contributed by atoms with Gasteiger partial charge in [0.2, 0.25) is 0 Å². The lowest BCUT2D eigenvalue weighted by atomic mass is 10.0. The van der Waals surface area contributed by atoms with Crippen LogP contribution >= 0.6 is 23.2 Å². The van der Waals surface area contributed by atoms with Gasteiger partial charge in [-0.05, 0) is 104 Å². The molecule has 36 heavy (non-hydrogen) atoms. The Morgan fingerprint density at radius 2 is 1.00 bits per heavy atom. The second-order valence-corrected chi connectivity index (χ2v) is 9.50. The number of nitrogens with one attached hydrogen (secondary N) is 2. The topological polar surface area (TPSA) is 71.1 Å². The summed E-state index contributed by atoms with van der Waals surface area (Å²) in [4.78, 5) is 30.3. The summed E-state index contributed by atoms with van der Waals surface area (Å²) in [5.41, 5.74) is 5.71. The Labute approximate surface area is 218 Å². The van der Waals surface area contributed by atoms with E-state index in [-0.39, 0.29) is 11.8 Å². The first kappa shape index (κ1) is 23.8. The molecule has 0 bridgehead atoms. The molecule has 5 nitrogen and oxygen atoms in total. The Morgan fingerprint density at radius 3 is 1.39 bits per heavy atom. The van der Waals surface area contributed by atoms with Crippen LogP contribution in [0.5, 0.6) is 0 Å². The first-order chi connectivity index (χ1) is 17.3. The summed E-state index contributed by atoms with van der Waals surface area (Å²) < 4.78 is 0. The Bertz CT molecular complexity index is 1530. The van der Waals surface area contributed by atoms with E-state index in [1.165, 1.54) is 0 Å². The van der Waals surface area contributed by atoms with Gasteiger partial charge in [0.1, 0.15) is 0 Å². The third-order valence-corrected chi connectivity index (χ3v) is 6.51. The van der Waals surface area contributed by atoms with Crippen LogP contribution in [0, 0.1) is 13.8 Å². The van der Waals surface area contributed by atoms with Crippen LogP contribution in [-0.4, -0.2) is 16.8 Å². The van der Waals surface area contributed by atoms with Crippen LogP contribution in [-0.2, 0) is 0 Å². The number of amides is 2. The smallest absolute Gasteiger partial charge is 0.255 e. The van der Waals surface area contributed by atoms with Crippen LogP contribution in [0.2, 0.25) is 10.0 Å². The quantitative estimate of drug-likeness (QED) is 0.240. The molecule has 0 spiro atoms. The molecule has 0 atom stereocenters. The zero-order chi connectivity index (χ0) is 25.4. The Morgan fingerprint density at radius 1 is 0.611 bits per heavy atom. The lowest BCUT2D eigenvalue weighted by Gasteiger charge is -2.13. The van der Waals surface area contributed by atoms with Gasteiger partial charge in [-0.3, -0.25) is 9.59 Å². The first-order valence-electron chi connectivity index (χ1n) is 11.3. The highest BCUT2D eigenvalue weighted by Gasteiger charge is 2.13. The summed E-state index contributed by atoms with van der Waals surface area (Å²) in [5, 5.41) is 9.00. The maximum Gasteiger partial charge on any atom is 0.255 e. The molecular weight excluding hydrogens is 493 g/mol. The van der Waals surface area contributed by atoms with Crippen molar-refractivity contribution in [2.75, 3.05) is 10.6 Å². The fraction of sp³-hybridized carbons (Fsp3) is 0.0690. The minimum atomic E-state index is -0.224. The summed E-state index contributed by atoms with van der Waals surface area (Å²) in [6.45, 7) is 3.89. The van der Waals surface area contributed by atoms with E-state index in [0.29, 0.717) is 32.5 Å². The van der Waals surface area contributed by atoms with Crippen molar-refractivity contribution in [3.63, 3.8) is 0 Å². The van der Waals surface area contributed by atoms with Crippen LogP contribution in [0.4, 0.5) is 11.4 Å². The minimum Gasteiger partial charge on any atom is -0.322 e. The van der Waals surface area contributed by atoms with Crippen molar-refractivity contribution in [3.05, 3.63) is 111 Å². The van der Waals surface area contributed by atoms with E-state index in [9.17, 15) is 9.59 Å². The number of aryl methyl sites for hydroxylation is 2. The maximum atomic E-state index is 12.7. The molecule has 0 fully saturated rings. The van der Waals surface area contributed by atoms with Crippen LogP contribution < -0.4 is 10.6 Å². The Balaban J connectivity index is 1.47. The average molecular weight is 514 g/mol. The molecule has 5 aromatic rings. The SMILES string of the molecule is Cc1cc2cc3cc(C)c(NC(=O)c4ccc(Cl)cc4)cc3nc2cc1NC(=O)c1ccc(Cl)cc1. The Kier molecular flexibility index (Phi) is 6.35. The molecule has 1 aromatic heterocycles. The molecule has 0 unspecified atom stereocenters. The van der Waals surface area contributed by atoms with Gasteiger partial charge >= 0.3 is 0 Å². The molecule has 0 aliphatic heterocycles. The van der Waals surface area contributed by atoms with Crippen molar-refractivity contribution in [3.8, 4) is 0 Å². The molecule has 2 N–H and O–H groups in total. The largest absolute Gasteiger partial charge is 0.322 e. The van der Waals surface area contributed by atoms with E-state index in [2.05, 4.69) is 16.7 Å². The van der Waals surface area contributed by atoms with Crippen LogP contribution in [0.1, 0.15) is 31.8 Å². The lowest BCUT2D eigenvalue weighted by molar-refractivity contribution is 0.101. The summed E-state index contributed by atoms with van der Waals surface area (Å²) in [5.74, 6) is -0.449. The monoisotopic (exact) mass is 513 g/mol. The molecule has 4 aromatic carbocycles. The number of fused-ring (bicyclic) bond motifs is 2. The van der Waals surface area contributed by atoms with Crippen LogP contribution in [0.15, 0.2) is 78.9 Å². The van der Waals surface area contributed by atoms with E-state index in [1.807, 2.05) is 38.1 Å². The number of anilines is 2. The van der Waals surface area contributed by atoms with Gasteiger partial charge in [0, 0.05) is 43.3 Å².